The van der Waals surface area contributed by atoms with Crippen molar-refractivity contribution in [3.05, 3.63) is 23.3 Å². The third-order valence-corrected chi connectivity index (χ3v) is 2.66. The zero-order valence-electron chi connectivity index (χ0n) is 10.8. The summed E-state index contributed by atoms with van der Waals surface area (Å²) in [5, 5.41) is 3.23. The number of ether oxygens (including phenoxy) is 2. The highest BCUT2D eigenvalue weighted by atomic mass is 79.9. The normalized spacial score (nSPS) is 12.9. The Bertz CT molecular complexity index is 457. The SMILES string of the molecule is Br.CC(=O)Oc1cc2c(cc1OC(C)=O)CNCC2. The van der Waals surface area contributed by atoms with Crippen molar-refractivity contribution >= 4 is 28.9 Å². The molecule has 19 heavy (non-hydrogen) atoms. The molecule has 6 heteroatoms. The van der Waals surface area contributed by atoms with E-state index in [0.29, 0.717) is 11.5 Å². The summed E-state index contributed by atoms with van der Waals surface area (Å²) in [7, 11) is 0. The third kappa shape index (κ3) is 4.04. The van der Waals surface area contributed by atoms with Crippen molar-refractivity contribution in [3.63, 3.8) is 0 Å². The van der Waals surface area contributed by atoms with Crippen molar-refractivity contribution in [2.45, 2.75) is 26.8 Å². The molecule has 0 unspecified atom stereocenters. The third-order valence-electron chi connectivity index (χ3n) is 2.66. The summed E-state index contributed by atoms with van der Waals surface area (Å²) in [6.07, 6.45) is 0.865. The van der Waals surface area contributed by atoms with Crippen molar-refractivity contribution in [2.24, 2.45) is 0 Å². The Hall–Kier alpha value is -1.40. The highest BCUT2D eigenvalue weighted by molar-refractivity contribution is 8.93. The molecule has 0 aliphatic carbocycles. The van der Waals surface area contributed by atoms with Gasteiger partial charge in [0.05, 0.1) is 0 Å². The van der Waals surface area contributed by atoms with E-state index in [-0.39, 0.29) is 17.0 Å². The van der Waals surface area contributed by atoms with Crippen LogP contribution in [0.3, 0.4) is 0 Å². The quantitative estimate of drug-likeness (QED) is 0.661. The van der Waals surface area contributed by atoms with Gasteiger partial charge in [-0.2, -0.15) is 0 Å². The first kappa shape index (κ1) is 15.7. The molecule has 0 spiro atoms. The van der Waals surface area contributed by atoms with Gasteiger partial charge in [0.25, 0.3) is 0 Å². The number of benzene rings is 1. The lowest BCUT2D eigenvalue weighted by Crippen LogP contribution is -2.24. The minimum atomic E-state index is -0.438. The summed E-state index contributed by atoms with van der Waals surface area (Å²) in [5.74, 6) is -0.275. The van der Waals surface area contributed by atoms with Gasteiger partial charge in [-0.1, -0.05) is 0 Å². The predicted octanol–water partition coefficient (Wildman–Crippen LogP) is 1.76. The average molecular weight is 330 g/mol. The minimum absolute atomic E-state index is 0. The molecule has 1 aromatic carbocycles. The summed E-state index contributed by atoms with van der Waals surface area (Å²) in [4.78, 5) is 22.1. The fourth-order valence-electron chi connectivity index (χ4n) is 1.96. The van der Waals surface area contributed by atoms with Crippen LogP contribution in [0, 0.1) is 0 Å². The summed E-state index contributed by atoms with van der Waals surface area (Å²) < 4.78 is 10.1. The second-order valence-corrected chi connectivity index (χ2v) is 4.18. The topological polar surface area (TPSA) is 64.6 Å². The van der Waals surface area contributed by atoms with Crippen LogP contribution in [0.25, 0.3) is 0 Å². The van der Waals surface area contributed by atoms with Crippen LogP contribution in [0.5, 0.6) is 11.5 Å². The number of nitrogens with one attached hydrogen (secondary N) is 1. The molecule has 104 valence electrons. The van der Waals surface area contributed by atoms with Gasteiger partial charge in [-0.05, 0) is 36.2 Å². The second kappa shape index (κ2) is 6.68. The van der Waals surface area contributed by atoms with Crippen LogP contribution < -0.4 is 14.8 Å². The first-order valence-electron chi connectivity index (χ1n) is 5.79. The van der Waals surface area contributed by atoms with E-state index >= 15 is 0 Å². The number of rotatable bonds is 2. The molecule has 1 heterocycles. The van der Waals surface area contributed by atoms with Gasteiger partial charge in [-0.25, -0.2) is 0 Å². The molecule has 0 radical (unpaired) electrons. The molecule has 1 aromatic rings. The number of hydrogen-bond donors (Lipinski definition) is 1. The second-order valence-electron chi connectivity index (χ2n) is 4.18. The van der Waals surface area contributed by atoms with Gasteiger partial charge in [0.15, 0.2) is 11.5 Å². The van der Waals surface area contributed by atoms with Gasteiger partial charge in [-0.3, -0.25) is 9.59 Å². The average Bonchev–Trinajstić information content (AvgIpc) is 2.28. The zero-order valence-corrected chi connectivity index (χ0v) is 12.5. The Morgan fingerprint density at radius 2 is 1.58 bits per heavy atom. The lowest BCUT2D eigenvalue weighted by atomic mass is 10.0. The Labute approximate surface area is 122 Å². The molecule has 1 aliphatic heterocycles. The van der Waals surface area contributed by atoms with Crippen LogP contribution >= 0.6 is 17.0 Å². The van der Waals surface area contributed by atoms with E-state index in [1.165, 1.54) is 13.8 Å². The van der Waals surface area contributed by atoms with Crippen molar-refractivity contribution in [2.75, 3.05) is 6.54 Å². The fraction of sp³-hybridized carbons (Fsp3) is 0.385. The zero-order chi connectivity index (χ0) is 13.1. The van der Waals surface area contributed by atoms with Crippen LogP contribution in [-0.4, -0.2) is 18.5 Å². The Balaban J connectivity index is 0.00000180. The van der Waals surface area contributed by atoms with Gasteiger partial charge in [-0.15, -0.1) is 17.0 Å². The lowest BCUT2D eigenvalue weighted by Gasteiger charge is -2.19. The Morgan fingerprint density at radius 3 is 2.11 bits per heavy atom. The van der Waals surface area contributed by atoms with E-state index in [0.717, 1.165) is 30.6 Å². The van der Waals surface area contributed by atoms with E-state index in [4.69, 9.17) is 9.47 Å². The minimum Gasteiger partial charge on any atom is -0.423 e. The summed E-state index contributed by atoms with van der Waals surface area (Å²) in [6, 6.07) is 3.52. The Kier molecular flexibility index (Phi) is 5.50. The van der Waals surface area contributed by atoms with Crippen LogP contribution in [0.15, 0.2) is 12.1 Å². The van der Waals surface area contributed by atoms with Gasteiger partial charge in [0.2, 0.25) is 0 Å². The van der Waals surface area contributed by atoms with Crippen LogP contribution in [0.1, 0.15) is 25.0 Å². The van der Waals surface area contributed by atoms with Gasteiger partial charge < -0.3 is 14.8 Å². The standard InChI is InChI=1S/C13H15NO4.BrH/c1-8(15)17-12-5-10-3-4-14-7-11(10)6-13(12)18-9(2)16;/h5-6,14H,3-4,7H2,1-2H3;1H. The molecular formula is C13H16BrNO4. The van der Waals surface area contributed by atoms with Crippen molar-refractivity contribution in [1.82, 2.24) is 5.32 Å². The molecule has 0 amide bonds. The lowest BCUT2D eigenvalue weighted by molar-refractivity contribution is -0.134. The predicted molar refractivity (Wildman–Crippen MR) is 74.8 cm³/mol. The monoisotopic (exact) mass is 329 g/mol. The first-order chi connectivity index (χ1) is 8.56. The number of halogens is 1. The molecule has 0 atom stereocenters. The fourth-order valence-corrected chi connectivity index (χ4v) is 1.96. The molecular weight excluding hydrogens is 314 g/mol. The summed E-state index contributed by atoms with van der Waals surface area (Å²) in [6.45, 7) is 4.25. The molecule has 1 N–H and O–H groups in total. The molecule has 0 fully saturated rings. The molecule has 1 aliphatic rings. The number of fused-ring (bicyclic) bond motifs is 1. The Morgan fingerprint density at radius 1 is 1.05 bits per heavy atom. The number of carbonyl (C=O) groups excluding carboxylic acids is 2. The van der Waals surface area contributed by atoms with Crippen LogP contribution in [-0.2, 0) is 22.6 Å². The van der Waals surface area contributed by atoms with Gasteiger partial charge in [0.1, 0.15) is 0 Å². The molecule has 2 rings (SSSR count). The molecule has 0 saturated heterocycles. The molecule has 0 aromatic heterocycles. The van der Waals surface area contributed by atoms with Crippen LogP contribution in [0.4, 0.5) is 0 Å². The van der Waals surface area contributed by atoms with E-state index in [9.17, 15) is 9.59 Å². The maximum Gasteiger partial charge on any atom is 0.308 e. The summed E-state index contributed by atoms with van der Waals surface area (Å²) >= 11 is 0. The van der Waals surface area contributed by atoms with E-state index in [1.54, 1.807) is 12.1 Å². The first-order valence-corrected chi connectivity index (χ1v) is 5.79. The smallest absolute Gasteiger partial charge is 0.308 e. The maximum atomic E-state index is 11.0. The number of esters is 2. The highest BCUT2D eigenvalue weighted by Crippen LogP contribution is 2.32. The van der Waals surface area contributed by atoms with Crippen molar-refractivity contribution < 1.29 is 19.1 Å². The van der Waals surface area contributed by atoms with Gasteiger partial charge >= 0.3 is 11.9 Å². The number of hydrogen-bond acceptors (Lipinski definition) is 5. The van der Waals surface area contributed by atoms with Gasteiger partial charge in [0, 0.05) is 20.4 Å². The van der Waals surface area contributed by atoms with E-state index in [2.05, 4.69) is 5.32 Å². The summed E-state index contributed by atoms with van der Waals surface area (Å²) in [5.41, 5.74) is 2.18. The highest BCUT2D eigenvalue weighted by Gasteiger charge is 2.17. The van der Waals surface area contributed by atoms with E-state index < -0.39 is 11.9 Å². The number of carbonyl (C=O) groups is 2. The largest absolute Gasteiger partial charge is 0.423 e. The van der Waals surface area contributed by atoms with Crippen molar-refractivity contribution in [1.29, 1.82) is 0 Å². The van der Waals surface area contributed by atoms with E-state index in [1.807, 2.05) is 0 Å². The maximum absolute atomic E-state index is 11.0. The molecule has 0 bridgehead atoms. The molecule has 0 saturated carbocycles. The van der Waals surface area contributed by atoms with Crippen LogP contribution in [0.2, 0.25) is 0 Å². The molecule has 5 nitrogen and oxygen atoms in total. The van der Waals surface area contributed by atoms with Crippen molar-refractivity contribution in [3.8, 4) is 11.5 Å².